The molecule has 0 unspecified atom stereocenters. The van der Waals surface area contributed by atoms with Gasteiger partial charge in [-0.2, -0.15) is 0 Å². The van der Waals surface area contributed by atoms with Gasteiger partial charge in [0.25, 0.3) is 5.91 Å². The number of nitrogens with one attached hydrogen (secondary N) is 1. The lowest BCUT2D eigenvalue weighted by Crippen LogP contribution is -2.33. The number of rotatable bonds is 7. The van der Waals surface area contributed by atoms with Gasteiger partial charge in [0.1, 0.15) is 16.9 Å². The topological polar surface area (TPSA) is 94.8 Å². The molecule has 0 radical (unpaired) electrons. The number of fused-ring (bicyclic) bond motifs is 1. The Morgan fingerprint density at radius 3 is 2.52 bits per heavy atom. The summed E-state index contributed by atoms with van der Waals surface area (Å²) in [4.78, 5) is 37.1. The molecule has 7 nitrogen and oxygen atoms in total. The molecule has 0 bridgehead atoms. The van der Waals surface area contributed by atoms with E-state index in [-0.39, 0.29) is 18.6 Å². The van der Waals surface area contributed by atoms with Crippen molar-refractivity contribution < 1.29 is 23.5 Å². The summed E-state index contributed by atoms with van der Waals surface area (Å²) in [5.74, 6) is -0.445. The largest absolute Gasteiger partial charge is 0.497 e. The second-order valence-electron chi connectivity index (χ2n) is 6.29. The average Bonchev–Trinajstić information content (AvgIpc) is 2.73. The molecule has 1 atom stereocenters. The van der Waals surface area contributed by atoms with Crippen molar-refractivity contribution in [2.24, 2.45) is 0 Å². The smallest absolute Gasteiger partial charge is 0.349 e. The van der Waals surface area contributed by atoms with Crippen LogP contribution in [0.4, 0.5) is 0 Å². The fourth-order valence-electron chi connectivity index (χ4n) is 2.93. The van der Waals surface area contributed by atoms with Crippen molar-refractivity contribution in [3.63, 3.8) is 0 Å². The van der Waals surface area contributed by atoms with Crippen molar-refractivity contribution in [3.8, 4) is 5.75 Å². The maximum Gasteiger partial charge on any atom is 0.349 e. The molecule has 0 saturated carbocycles. The van der Waals surface area contributed by atoms with Crippen LogP contribution in [-0.2, 0) is 9.53 Å². The molecule has 0 aliphatic carbocycles. The zero-order valence-corrected chi connectivity index (χ0v) is 16.1. The van der Waals surface area contributed by atoms with E-state index in [1.807, 2.05) is 0 Å². The Bertz CT molecular complexity index is 1070. The molecule has 0 saturated heterocycles. The van der Waals surface area contributed by atoms with Gasteiger partial charge in [0.05, 0.1) is 26.2 Å². The van der Waals surface area contributed by atoms with Crippen molar-refractivity contribution in [1.29, 1.82) is 0 Å². The van der Waals surface area contributed by atoms with E-state index >= 15 is 0 Å². The van der Waals surface area contributed by atoms with Gasteiger partial charge >= 0.3 is 11.6 Å². The van der Waals surface area contributed by atoms with Crippen LogP contribution in [0.25, 0.3) is 11.0 Å². The number of ether oxygens (including phenoxy) is 2. The van der Waals surface area contributed by atoms with E-state index in [4.69, 9.17) is 13.9 Å². The fourth-order valence-corrected chi connectivity index (χ4v) is 2.93. The zero-order chi connectivity index (χ0) is 20.8. The van der Waals surface area contributed by atoms with Gasteiger partial charge in [0.2, 0.25) is 0 Å². The molecule has 1 amide bonds. The van der Waals surface area contributed by atoms with E-state index in [9.17, 15) is 14.4 Å². The first-order chi connectivity index (χ1) is 14.0. The molecule has 7 heteroatoms. The molecule has 1 heterocycles. The maximum absolute atomic E-state index is 12.8. The van der Waals surface area contributed by atoms with E-state index in [0.29, 0.717) is 22.3 Å². The number of para-hydroxylation sites is 1. The standard InChI is InChI=1S/C22H21NO6/c1-3-28-20(24)13-18(14-8-10-16(27-2)11-9-14)23-21(25)17-12-15-6-4-5-7-19(15)29-22(17)26/h4-12,18H,3,13H2,1-2H3,(H,23,25)/t18-/m1/s1. The van der Waals surface area contributed by atoms with Crippen LogP contribution >= 0.6 is 0 Å². The minimum atomic E-state index is -0.745. The van der Waals surface area contributed by atoms with Crippen molar-refractivity contribution >= 4 is 22.8 Å². The Kier molecular flexibility index (Phi) is 6.29. The molecule has 29 heavy (non-hydrogen) atoms. The molecule has 1 aromatic heterocycles. The summed E-state index contributed by atoms with van der Waals surface area (Å²) in [5.41, 5.74) is 0.196. The number of hydrogen-bond donors (Lipinski definition) is 1. The van der Waals surface area contributed by atoms with E-state index < -0.39 is 23.5 Å². The van der Waals surface area contributed by atoms with Gasteiger partial charge in [0.15, 0.2) is 0 Å². The second kappa shape index (κ2) is 9.05. The van der Waals surface area contributed by atoms with Gasteiger partial charge in [0, 0.05) is 5.39 Å². The number of methoxy groups -OCH3 is 1. The van der Waals surface area contributed by atoms with Crippen LogP contribution in [0.5, 0.6) is 5.75 Å². The molecule has 0 spiro atoms. The Labute approximate surface area is 167 Å². The highest BCUT2D eigenvalue weighted by Gasteiger charge is 2.22. The number of esters is 1. The van der Waals surface area contributed by atoms with Crippen LogP contribution in [0.15, 0.2) is 63.8 Å². The van der Waals surface area contributed by atoms with Crippen molar-refractivity contribution in [1.82, 2.24) is 5.32 Å². The molecule has 0 fully saturated rings. The van der Waals surface area contributed by atoms with Crippen LogP contribution in [0.1, 0.15) is 35.3 Å². The van der Waals surface area contributed by atoms with Gasteiger partial charge in [-0.1, -0.05) is 30.3 Å². The van der Waals surface area contributed by atoms with Crippen LogP contribution in [0.3, 0.4) is 0 Å². The first-order valence-electron chi connectivity index (χ1n) is 9.15. The third-order valence-electron chi connectivity index (χ3n) is 4.39. The first kappa shape index (κ1) is 20.1. The third kappa shape index (κ3) is 4.82. The fraction of sp³-hybridized carbons (Fsp3) is 0.227. The van der Waals surface area contributed by atoms with Gasteiger partial charge in [-0.15, -0.1) is 0 Å². The Balaban J connectivity index is 1.89. The van der Waals surface area contributed by atoms with E-state index in [1.165, 1.54) is 6.07 Å². The second-order valence-corrected chi connectivity index (χ2v) is 6.29. The monoisotopic (exact) mass is 395 g/mol. The summed E-state index contributed by atoms with van der Waals surface area (Å²) in [6.07, 6.45) is -0.0785. The Morgan fingerprint density at radius 2 is 1.83 bits per heavy atom. The van der Waals surface area contributed by atoms with Crippen LogP contribution in [0, 0.1) is 0 Å². The highest BCUT2D eigenvalue weighted by molar-refractivity contribution is 5.97. The summed E-state index contributed by atoms with van der Waals surface area (Å²) in [7, 11) is 1.55. The Hall–Kier alpha value is -3.61. The highest BCUT2D eigenvalue weighted by atomic mass is 16.5. The highest BCUT2D eigenvalue weighted by Crippen LogP contribution is 2.22. The van der Waals surface area contributed by atoms with Crippen LogP contribution in [0.2, 0.25) is 0 Å². The summed E-state index contributed by atoms with van der Waals surface area (Å²) in [6, 6.07) is 14.7. The normalized spacial score (nSPS) is 11.7. The SMILES string of the molecule is CCOC(=O)C[C@@H](NC(=O)c1cc2ccccc2oc1=O)c1ccc(OC)cc1. The molecule has 0 aliphatic rings. The van der Waals surface area contributed by atoms with E-state index in [0.717, 1.165) is 0 Å². The van der Waals surface area contributed by atoms with Crippen molar-refractivity contribution in [2.45, 2.75) is 19.4 Å². The molecule has 3 rings (SSSR count). The van der Waals surface area contributed by atoms with Gasteiger partial charge in [-0.25, -0.2) is 4.79 Å². The maximum atomic E-state index is 12.8. The average molecular weight is 395 g/mol. The summed E-state index contributed by atoms with van der Waals surface area (Å²) in [5, 5.41) is 3.37. The zero-order valence-electron chi connectivity index (χ0n) is 16.1. The summed E-state index contributed by atoms with van der Waals surface area (Å²) in [6.45, 7) is 1.94. The molecular weight excluding hydrogens is 374 g/mol. The quantitative estimate of drug-likeness (QED) is 0.488. The number of benzene rings is 2. The molecule has 0 aliphatic heterocycles. The lowest BCUT2D eigenvalue weighted by atomic mass is 10.0. The number of carbonyl (C=O) groups excluding carboxylic acids is 2. The number of amides is 1. The predicted octanol–water partition coefficient (Wildman–Crippen LogP) is 3.23. The van der Waals surface area contributed by atoms with Crippen LogP contribution in [-0.4, -0.2) is 25.6 Å². The van der Waals surface area contributed by atoms with E-state index in [2.05, 4.69) is 5.32 Å². The molecule has 1 N–H and O–H groups in total. The summed E-state index contributed by atoms with van der Waals surface area (Å²) < 4.78 is 15.4. The lowest BCUT2D eigenvalue weighted by Gasteiger charge is -2.18. The van der Waals surface area contributed by atoms with Crippen molar-refractivity contribution in [3.05, 3.63) is 76.1 Å². The van der Waals surface area contributed by atoms with Gasteiger partial charge in [-0.3, -0.25) is 9.59 Å². The minimum Gasteiger partial charge on any atom is -0.497 e. The van der Waals surface area contributed by atoms with Gasteiger partial charge in [-0.05, 0) is 36.8 Å². The Morgan fingerprint density at radius 1 is 1.10 bits per heavy atom. The van der Waals surface area contributed by atoms with E-state index in [1.54, 1.807) is 62.6 Å². The third-order valence-corrected chi connectivity index (χ3v) is 4.39. The number of hydrogen-bond acceptors (Lipinski definition) is 6. The molecular formula is C22H21NO6. The predicted molar refractivity (Wildman–Crippen MR) is 107 cm³/mol. The molecule has 2 aromatic carbocycles. The van der Waals surface area contributed by atoms with Crippen LogP contribution < -0.4 is 15.7 Å². The summed E-state index contributed by atoms with van der Waals surface area (Å²) >= 11 is 0. The van der Waals surface area contributed by atoms with Crippen molar-refractivity contribution in [2.75, 3.05) is 13.7 Å². The molecule has 150 valence electrons. The minimum absolute atomic E-state index is 0.0785. The molecule has 3 aromatic rings. The first-order valence-corrected chi connectivity index (χ1v) is 9.15. The number of carbonyl (C=O) groups is 2. The van der Waals surface area contributed by atoms with Gasteiger partial charge < -0.3 is 19.2 Å². The lowest BCUT2D eigenvalue weighted by molar-refractivity contribution is -0.143.